The summed E-state index contributed by atoms with van der Waals surface area (Å²) in [5.41, 5.74) is 4.58. The molecule has 0 aliphatic carbocycles. The lowest BCUT2D eigenvalue weighted by Gasteiger charge is -2.17. The molecule has 1 heterocycles. The van der Waals surface area contributed by atoms with Crippen molar-refractivity contribution in [2.75, 3.05) is 5.32 Å². The van der Waals surface area contributed by atoms with Crippen LogP contribution in [-0.4, -0.2) is 9.78 Å². The van der Waals surface area contributed by atoms with Gasteiger partial charge in [-0.3, -0.25) is 4.68 Å². The number of hydrogen-bond acceptors (Lipinski definition) is 3. The second kappa shape index (κ2) is 5.56. The zero-order chi connectivity index (χ0) is 14.9. The maximum absolute atomic E-state index is 9.16. The predicted octanol–water partition coefficient (Wildman–Crippen LogP) is 3.74. The first kappa shape index (κ1) is 14.4. The Morgan fingerprint density at radius 2 is 2.10 bits per heavy atom. The fourth-order valence-electron chi connectivity index (χ4n) is 2.46. The van der Waals surface area contributed by atoms with Crippen LogP contribution in [0.4, 0.5) is 5.69 Å². The molecule has 0 saturated carbocycles. The highest BCUT2D eigenvalue weighted by molar-refractivity contribution is 6.30. The number of aromatic nitrogens is 2. The number of aryl methyl sites for hydroxylation is 2. The first-order valence-corrected chi connectivity index (χ1v) is 6.78. The van der Waals surface area contributed by atoms with Gasteiger partial charge in [-0.25, -0.2) is 0 Å². The van der Waals surface area contributed by atoms with Gasteiger partial charge >= 0.3 is 0 Å². The van der Waals surface area contributed by atoms with Gasteiger partial charge in [-0.05, 0) is 39.0 Å². The molecule has 0 bridgehead atoms. The van der Waals surface area contributed by atoms with Gasteiger partial charge in [0.05, 0.1) is 23.0 Å². The Morgan fingerprint density at radius 1 is 1.40 bits per heavy atom. The Morgan fingerprint density at radius 3 is 2.65 bits per heavy atom. The normalized spacial score (nSPS) is 12.0. The van der Waals surface area contributed by atoms with E-state index in [1.54, 1.807) is 18.2 Å². The summed E-state index contributed by atoms with van der Waals surface area (Å²) in [7, 11) is 1.93. The van der Waals surface area contributed by atoms with Crippen molar-refractivity contribution < 1.29 is 0 Å². The quantitative estimate of drug-likeness (QED) is 0.936. The lowest BCUT2D eigenvalue weighted by molar-refractivity contribution is 0.728. The van der Waals surface area contributed by atoms with E-state index in [2.05, 4.69) is 23.4 Å². The number of nitrogens with zero attached hydrogens (tertiary/aromatic N) is 3. The predicted molar refractivity (Wildman–Crippen MR) is 80.9 cm³/mol. The van der Waals surface area contributed by atoms with E-state index in [0.29, 0.717) is 10.6 Å². The topological polar surface area (TPSA) is 53.6 Å². The van der Waals surface area contributed by atoms with Crippen LogP contribution in [0.25, 0.3) is 0 Å². The van der Waals surface area contributed by atoms with E-state index in [1.807, 2.05) is 25.6 Å². The molecule has 0 fully saturated rings. The molecule has 0 saturated heterocycles. The summed E-state index contributed by atoms with van der Waals surface area (Å²) in [6.45, 7) is 6.08. The van der Waals surface area contributed by atoms with E-state index in [0.717, 1.165) is 22.6 Å². The number of rotatable bonds is 3. The summed E-state index contributed by atoms with van der Waals surface area (Å²) in [6.07, 6.45) is 0. The third-order valence-corrected chi connectivity index (χ3v) is 3.71. The summed E-state index contributed by atoms with van der Waals surface area (Å²) >= 11 is 6.00. The van der Waals surface area contributed by atoms with Gasteiger partial charge in [-0.2, -0.15) is 10.4 Å². The maximum Gasteiger partial charge on any atom is 0.101 e. The van der Waals surface area contributed by atoms with E-state index in [-0.39, 0.29) is 6.04 Å². The lowest BCUT2D eigenvalue weighted by atomic mass is 10.1. The third-order valence-electron chi connectivity index (χ3n) is 3.47. The van der Waals surface area contributed by atoms with E-state index in [1.165, 1.54) is 0 Å². The monoisotopic (exact) mass is 288 g/mol. The molecular weight excluding hydrogens is 272 g/mol. The number of anilines is 1. The van der Waals surface area contributed by atoms with Crippen LogP contribution in [-0.2, 0) is 7.05 Å². The van der Waals surface area contributed by atoms with Crippen molar-refractivity contribution in [2.45, 2.75) is 26.8 Å². The average molecular weight is 289 g/mol. The molecule has 2 aromatic rings. The van der Waals surface area contributed by atoms with E-state index in [9.17, 15) is 0 Å². The molecule has 0 radical (unpaired) electrons. The fourth-order valence-corrected chi connectivity index (χ4v) is 2.63. The minimum Gasteiger partial charge on any atom is -0.377 e. The van der Waals surface area contributed by atoms with Crippen LogP contribution in [0.15, 0.2) is 18.2 Å². The van der Waals surface area contributed by atoms with Crippen molar-refractivity contribution in [2.24, 2.45) is 7.05 Å². The Labute approximate surface area is 124 Å². The number of benzene rings is 1. The first-order chi connectivity index (χ1) is 9.43. The van der Waals surface area contributed by atoms with Gasteiger partial charge in [0, 0.05) is 23.3 Å². The molecule has 1 unspecified atom stereocenters. The molecule has 5 heteroatoms. The van der Waals surface area contributed by atoms with Gasteiger partial charge < -0.3 is 5.32 Å². The third kappa shape index (κ3) is 2.63. The Kier molecular flexibility index (Phi) is 4.01. The molecule has 1 atom stereocenters. The van der Waals surface area contributed by atoms with Crippen LogP contribution in [0.1, 0.15) is 35.5 Å². The van der Waals surface area contributed by atoms with Crippen LogP contribution < -0.4 is 5.32 Å². The van der Waals surface area contributed by atoms with Crippen molar-refractivity contribution in [3.8, 4) is 6.07 Å². The summed E-state index contributed by atoms with van der Waals surface area (Å²) in [6, 6.07) is 7.44. The van der Waals surface area contributed by atoms with Crippen LogP contribution in [0.3, 0.4) is 0 Å². The SMILES string of the molecule is Cc1nn(C)c(C)c1C(C)Nc1cc(Cl)ccc1C#N. The summed E-state index contributed by atoms with van der Waals surface area (Å²) < 4.78 is 1.87. The Hall–Kier alpha value is -1.99. The van der Waals surface area contributed by atoms with Crippen molar-refractivity contribution >= 4 is 17.3 Å². The van der Waals surface area contributed by atoms with Gasteiger partial charge in [0.25, 0.3) is 0 Å². The van der Waals surface area contributed by atoms with Crippen molar-refractivity contribution in [1.29, 1.82) is 5.26 Å². The number of halogens is 1. The molecule has 104 valence electrons. The molecule has 0 amide bonds. The van der Waals surface area contributed by atoms with Gasteiger partial charge in [0.15, 0.2) is 0 Å². The summed E-state index contributed by atoms with van der Waals surface area (Å²) in [4.78, 5) is 0. The van der Waals surface area contributed by atoms with Crippen molar-refractivity contribution in [3.63, 3.8) is 0 Å². The van der Waals surface area contributed by atoms with Gasteiger partial charge in [0.2, 0.25) is 0 Å². The van der Waals surface area contributed by atoms with Crippen molar-refractivity contribution in [1.82, 2.24) is 9.78 Å². The Balaban J connectivity index is 2.35. The minimum atomic E-state index is 0.0502. The molecule has 2 rings (SSSR count). The van der Waals surface area contributed by atoms with Crippen LogP contribution in [0.2, 0.25) is 5.02 Å². The van der Waals surface area contributed by atoms with Crippen LogP contribution >= 0.6 is 11.6 Å². The second-order valence-electron chi connectivity index (χ2n) is 4.88. The number of nitriles is 1. The van der Waals surface area contributed by atoms with E-state index >= 15 is 0 Å². The highest BCUT2D eigenvalue weighted by Crippen LogP contribution is 2.28. The van der Waals surface area contributed by atoms with Crippen molar-refractivity contribution in [3.05, 3.63) is 45.7 Å². The molecule has 0 aliphatic heterocycles. The van der Waals surface area contributed by atoms with E-state index in [4.69, 9.17) is 16.9 Å². The molecule has 0 spiro atoms. The number of hydrogen-bond donors (Lipinski definition) is 1. The zero-order valence-corrected chi connectivity index (χ0v) is 12.8. The summed E-state index contributed by atoms with van der Waals surface area (Å²) in [5, 5.41) is 17.5. The number of nitrogens with one attached hydrogen (secondary N) is 1. The van der Waals surface area contributed by atoms with Gasteiger partial charge in [0.1, 0.15) is 6.07 Å². The minimum absolute atomic E-state index is 0.0502. The zero-order valence-electron chi connectivity index (χ0n) is 12.0. The maximum atomic E-state index is 9.16. The first-order valence-electron chi connectivity index (χ1n) is 6.40. The van der Waals surface area contributed by atoms with Crippen LogP contribution in [0.5, 0.6) is 0 Å². The smallest absolute Gasteiger partial charge is 0.101 e. The molecule has 1 aromatic heterocycles. The molecule has 1 aromatic carbocycles. The standard InChI is InChI=1S/C15H17ClN4/c1-9(15-10(2)19-20(4)11(15)3)18-14-7-13(16)6-5-12(14)8-17/h5-7,9,18H,1-4H3. The highest BCUT2D eigenvalue weighted by Gasteiger charge is 2.17. The van der Waals surface area contributed by atoms with E-state index < -0.39 is 0 Å². The second-order valence-corrected chi connectivity index (χ2v) is 5.31. The highest BCUT2D eigenvalue weighted by atomic mass is 35.5. The molecular formula is C15H17ClN4. The largest absolute Gasteiger partial charge is 0.377 e. The average Bonchev–Trinajstić information content (AvgIpc) is 2.63. The van der Waals surface area contributed by atoms with Gasteiger partial charge in [-0.1, -0.05) is 11.6 Å². The van der Waals surface area contributed by atoms with Gasteiger partial charge in [-0.15, -0.1) is 0 Å². The molecule has 20 heavy (non-hydrogen) atoms. The Bertz CT molecular complexity index is 682. The lowest BCUT2D eigenvalue weighted by Crippen LogP contribution is -2.10. The fraction of sp³-hybridized carbons (Fsp3) is 0.333. The molecule has 4 nitrogen and oxygen atoms in total. The summed E-state index contributed by atoms with van der Waals surface area (Å²) in [5.74, 6) is 0. The molecule has 1 N–H and O–H groups in total. The van der Waals surface area contributed by atoms with Crippen LogP contribution in [0, 0.1) is 25.2 Å². The molecule has 0 aliphatic rings.